The van der Waals surface area contributed by atoms with E-state index in [0.717, 1.165) is 24.6 Å². The normalized spacial score (nSPS) is 23.6. The van der Waals surface area contributed by atoms with E-state index in [-0.39, 0.29) is 0 Å². The summed E-state index contributed by atoms with van der Waals surface area (Å²) in [5.74, 6) is 1.92. The van der Waals surface area contributed by atoms with Gasteiger partial charge < -0.3 is 10.1 Å². The van der Waals surface area contributed by atoms with E-state index < -0.39 is 0 Å². The van der Waals surface area contributed by atoms with E-state index in [9.17, 15) is 0 Å². The minimum Gasteiger partial charge on any atom is -0.490 e. The molecule has 2 aliphatic rings. The second-order valence-corrected chi connectivity index (χ2v) is 6.48. The Hall–Kier alpha value is -1.02. The molecule has 0 bridgehead atoms. The fourth-order valence-corrected chi connectivity index (χ4v) is 3.78. The zero-order chi connectivity index (χ0) is 13.9. The predicted octanol–water partition coefficient (Wildman–Crippen LogP) is 4.24. The molecular formula is C18H27NO. The van der Waals surface area contributed by atoms with Gasteiger partial charge in [0.05, 0.1) is 0 Å². The summed E-state index contributed by atoms with van der Waals surface area (Å²) in [6, 6.07) is 7.40. The van der Waals surface area contributed by atoms with E-state index in [0.29, 0.717) is 12.1 Å². The van der Waals surface area contributed by atoms with Crippen LogP contribution in [0.1, 0.15) is 63.1 Å². The lowest BCUT2D eigenvalue weighted by molar-refractivity contribution is 0.254. The summed E-state index contributed by atoms with van der Waals surface area (Å²) in [7, 11) is 0. The molecule has 2 unspecified atom stereocenters. The van der Waals surface area contributed by atoms with Gasteiger partial charge in [0.2, 0.25) is 0 Å². The molecule has 1 aromatic rings. The molecule has 0 aromatic heterocycles. The third-order valence-corrected chi connectivity index (χ3v) is 4.76. The van der Waals surface area contributed by atoms with Crippen LogP contribution in [0.2, 0.25) is 0 Å². The van der Waals surface area contributed by atoms with E-state index >= 15 is 0 Å². The molecule has 1 heterocycles. The first-order chi connectivity index (χ1) is 9.78. The molecule has 2 atom stereocenters. The van der Waals surface area contributed by atoms with Gasteiger partial charge in [0.25, 0.3) is 0 Å². The van der Waals surface area contributed by atoms with Crippen molar-refractivity contribution in [2.75, 3.05) is 6.54 Å². The van der Waals surface area contributed by atoms with Crippen molar-refractivity contribution in [3.05, 3.63) is 29.3 Å². The summed E-state index contributed by atoms with van der Waals surface area (Å²) in [4.78, 5) is 0. The van der Waals surface area contributed by atoms with E-state index in [1.807, 2.05) is 0 Å². The molecule has 20 heavy (non-hydrogen) atoms. The number of nitrogens with one attached hydrogen (secondary N) is 1. The molecule has 1 N–H and O–H groups in total. The fraction of sp³-hybridized carbons (Fsp3) is 0.667. The number of fused-ring (bicyclic) bond motifs is 1. The molecule has 0 spiro atoms. The van der Waals surface area contributed by atoms with Crippen LogP contribution >= 0.6 is 0 Å². The third kappa shape index (κ3) is 2.85. The van der Waals surface area contributed by atoms with Crippen LogP contribution in [0.15, 0.2) is 18.2 Å². The maximum atomic E-state index is 5.83. The lowest BCUT2D eigenvalue weighted by Crippen LogP contribution is -2.27. The van der Waals surface area contributed by atoms with E-state index in [1.165, 1.54) is 43.2 Å². The van der Waals surface area contributed by atoms with Gasteiger partial charge in [-0.25, -0.2) is 0 Å². The van der Waals surface area contributed by atoms with Crippen molar-refractivity contribution in [1.29, 1.82) is 0 Å². The molecule has 110 valence electrons. The Morgan fingerprint density at radius 1 is 1.30 bits per heavy atom. The van der Waals surface area contributed by atoms with Crippen LogP contribution in [0.3, 0.4) is 0 Å². The van der Waals surface area contributed by atoms with Gasteiger partial charge in [-0.3, -0.25) is 0 Å². The summed E-state index contributed by atoms with van der Waals surface area (Å²) in [5.41, 5.74) is 2.87. The fourth-order valence-electron chi connectivity index (χ4n) is 3.78. The minimum atomic E-state index is 0.341. The average Bonchev–Trinajstić information content (AvgIpc) is 3.07. The number of hydrogen-bond donors (Lipinski definition) is 1. The van der Waals surface area contributed by atoms with Crippen LogP contribution < -0.4 is 10.1 Å². The van der Waals surface area contributed by atoms with Crippen LogP contribution in [0.5, 0.6) is 5.75 Å². The first-order valence-corrected chi connectivity index (χ1v) is 8.30. The maximum Gasteiger partial charge on any atom is 0.123 e. The van der Waals surface area contributed by atoms with Crippen LogP contribution in [-0.2, 0) is 6.42 Å². The monoisotopic (exact) mass is 273 g/mol. The first kappa shape index (κ1) is 13.9. The second kappa shape index (κ2) is 6.17. The van der Waals surface area contributed by atoms with Gasteiger partial charge >= 0.3 is 0 Å². The number of hydrogen-bond acceptors (Lipinski definition) is 2. The summed E-state index contributed by atoms with van der Waals surface area (Å²) < 4.78 is 5.83. The van der Waals surface area contributed by atoms with Gasteiger partial charge in [-0.15, -0.1) is 0 Å². The smallest absolute Gasteiger partial charge is 0.123 e. The number of ether oxygens (including phenoxy) is 1. The summed E-state index contributed by atoms with van der Waals surface area (Å²) in [6.07, 6.45) is 8.17. The molecule has 1 aromatic carbocycles. The van der Waals surface area contributed by atoms with Crippen molar-refractivity contribution in [1.82, 2.24) is 5.32 Å². The molecule has 1 saturated carbocycles. The Morgan fingerprint density at radius 2 is 2.10 bits per heavy atom. The van der Waals surface area contributed by atoms with Gasteiger partial charge in [0.15, 0.2) is 0 Å². The van der Waals surface area contributed by atoms with Crippen LogP contribution in [0.25, 0.3) is 0 Å². The highest BCUT2D eigenvalue weighted by atomic mass is 16.5. The third-order valence-electron chi connectivity index (χ3n) is 4.76. The van der Waals surface area contributed by atoms with Crippen LogP contribution in [0.4, 0.5) is 0 Å². The molecule has 0 saturated heterocycles. The van der Waals surface area contributed by atoms with Gasteiger partial charge in [0, 0.05) is 12.5 Å². The largest absolute Gasteiger partial charge is 0.490 e. The van der Waals surface area contributed by atoms with Crippen molar-refractivity contribution >= 4 is 0 Å². The zero-order valence-corrected chi connectivity index (χ0v) is 12.8. The number of benzene rings is 1. The lowest BCUT2D eigenvalue weighted by Gasteiger charge is -2.25. The van der Waals surface area contributed by atoms with Crippen LogP contribution in [-0.4, -0.2) is 12.6 Å². The maximum absolute atomic E-state index is 5.83. The highest BCUT2D eigenvalue weighted by Gasteiger charge is 2.27. The molecule has 1 aliphatic heterocycles. The summed E-state index contributed by atoms with van der Waals surface area (Å²) in [5, 5.41) is 3.79. The summed E-state index contributed by atoms with van der Waals surface area (Å²) >= 11 is 0. The van der Waals surface area contributed by atoms with Crippen molar-refractivity contribution in [2.45, 2.75) is 64.5 Å². The van der Waals surface area contributed by atoms with Crippen molar-refractivity contribution in [3.8, 4) is 5.75 Å². The Morgan fingerprint density at radius 3 is 2.85 bits per heavy atom. The lowest BCUT2D eigenvalue weighted by atomic mass is 9.90. The van der Waals surface area contributed by atoms with Gasteiger partial charge in [-0.05, 0) is 55.8 Å². The van der Waals surface area contributed by atoms with Crippen molar-refractivity contribution < 1.29 is 4.74 Å². The van der Waals surface area contributed by atoms with Gasteiger partial charge in [-0.2, -0.15) is 0 Å². The molecule has 3 rings (SSSR count). The highest BCUT2D eigenvalue weighted by Crippen LogP contribution is 2.38. The SMILES string of the molecule is CCCNC(c1ccc2c(c1)CC(C)O2)C1CCCC1. The second-order valence-electron chi connectivity index (χ2n) is 6.48. The Labute approximate surface area is 122 Å². The Kier molecular flexibility index (Phi) is 4.30. The molecule has 0 radical (unpaired) electrons. The molecule has 1 aliphatic carbocycles. The standard InChI is InChI=1S/C18H27NO/c1-3-10-19-18(14-6-4-5-7-14)15-8-9-17-16(12-15)11-13(2)20-17/h8-9,12-14,18-19H,3-7,10-11H2,1-2H3. The average molecular weight is 273 g/mol. The van der Waals surface area contributed by atoms with Gasteiger partial charge in [-0.1, -0.05) is 31.9 Å². The first-order valence-electron chi connectivity index (χ1n) is 8.30. The quantitative estimate of drug-likeness (QED) is 0.866. The molecular weight excluding hydrogens is 246 g/mol. The number of rotatable bonds is 5. The van der Waals surface area contributed by atoms with E-state index in [1.54, 1.807) is 0 Å². The molecule has 2 nitrogen and oxygen atoms in total. The Balaban J connectivity index is 1.81. The van der Waals surface area contributed by atoms with E-state index in [2.05, 4.69) is 37.4 Å². The zero-order valence-electron chi connectivity index (χ0n) is 12.8. The van der Waals surface area contributed by atoms with Gasteiger partial charge in [0.1, 0.15) is 11.9 Å². The van der Waals surface area contributed by atoms with Crippen molar-refractivity contribution in [3.63, 3.8) is 0 Å². The van der Waals surface area contributed by atoms with E-state index in [4.69, 9.17) is 4.74 Å². The minimum absolute atomic E-state index is 0.341. The molecule has 2 heteroatoms. The summed E-state index contributed by atoms with van der Waals surface area (Å²) in [6.45, 7) is 5.52. The van der Waals surface area contributed by atoms with Crippen LogP contribution in [0, 0.1) is 5.92 Å². The molecule has 1 fully saturated rings. The van der Waals surface area contributed by atoms with Crippen molar-refractivity contribution in [2.24, 2.45) is 5.92 Å². The Bertz CT molecular complexity index is 451. The predicted molar refractivity (Wildman–Crippen MR) is 83.2 cm³/mol. The highest BCUT2D eigenvalue weighted by molar-refractivity contribution is 5.41. The topological polar surface area (TPSA) is 21.3 Å². The molecule has 0 amide bonds.